The summed E-state index contributed by atoms with van der Waals surface area (Å²) in [6.45, 7) is 10.8. The van der Waals surface area contributed by atoms with E-state index in [2.05, 4.69) is 32.6 Å². The van der Waals surface area contributed by atoms with Crippen molar-refractivity contribution in [3.63, 3.8) is 0 Å². The Labute approximate surface area is 76.1 Å². The maximum atomic E-state index is 2.71. The van der Waals surface area contributed by atoms with Gasteiger partial charge in [0, 0.05) is 18.6 Å². The molecule has 1 heterocycles. The highest BCUT2D eigenvalue weighted by Crippen LogP contribution is 2.52. The molecule has 1 nitrogen and oxygen atoms in total. The van der Waals surface area contributed by atoms with Gasteiger partial charge in [0.2, 0.25) is 0 Å². The predicted molar refractivity (Wildman–Crippen MR) is 52.1 cm³/mol. The molecule has 3 atom stereocenters. The largest absolute Gasteiger partial charge is 0.297 e. The number of piperidine rings is 1. The normalized spacial score (nSPS) is 41.0. The molecule has 0 spiro atoms. The number of hydrogen-bond donors (Lipinski definition) is 0. The quantitative estimate of drug-likeness (QED) is 0.610. The second kappa shape index (κ2) is 2.73. The van der Waals surface area contributed by atoms with Gasteiger partial charge in [0.15, 0.2) is 0 Å². The van der Waals surface area contributed by atoms with E-state index in [4.69, 9.17) is 0 Å². The van der Waals surface area contributed by atoms with Gasteiger partial charge in [-0.1, -0.05) is 13.8 Å². The van der Waals surface area contributed by atoms with Crippen LogP contribution >= 0.6 is 0 Å². The molecule has 1 saturated carbocycles. The van der Waals surface area contributed by atoms with Crippen LogP contribution in [-0.4, -0.2) is 23.5 Å². The van der Waals surface area contributed by atoms with Gasteiger partial charge in [-0.15, -0.1) is 0 Å². The first-order valence-electron chi connectivity index (χ1n) is 5.37. The first-order valence-corrected chi connectivity index (χ1v) is 5.37. The zero-order chi connectivity index (χ0) is 8.88. The average Bonchev–Trinajstić information content (AvgIpc) is 2.60. The standard InChI is InChI=1S/C11H21N/c1-7(2)11-10-5-9(10)6-12(11)8(3)4/h7-11H,5-6H2,1-4H3/t9?,10?,11-/m1/s1. The summed E-state index contributed by atoms with van der Waals surface area (Å²) in [5.41, 5.74) is 0. The summed E-state index contributed by atoms with van der Waals surface area (Å²) in [6.07, 6.45) is 1.52. The Kier molecular flexibility index (Phi) is 1.95. The molecule has 0 aromatic rings. The van der Waals surface area contributed by atoms with Crippen LogP contribution in [0.3, 0.4) is 0 Å². The van der Waals surface area contributed by atoms with Gasteiger partial charge in [-0.3, -0.25) is 4.90 Å². The van der Waals surface area contributed by atoms with Crippen LogP contribution < -0.4 is 0 Å². The molecule has 0 amide bonds. The Hall–Kier alpha value is -0.0400. The SMILES string of the molecule is CC(C)[C@@H]1C2CC2CN1C(C)C. The minimum atomic E-state index is 0.755. The second-order valence-corrected chi connectivity index (χ2v) is 5.18. The minimum absolute atomic E-state index is 0.755. The summed E-state index contributed by atoms with van der Waals surface area (Å²) in [5.74, 6) is 2.98. The van der Waals surface area contributed by atoms with Gasteiger partial charge in [0.25, 0.3) is 0 Å². The Morgan fingerprint density at radius 2 is 1.83 bits per heavy atom. The zero-order valence-corrected chi connectivity index (χ0v) is 8.75. The van der Waals surface area contributed by atoms with Crippen molar-refractivity contribution in [2.45, 2.75) is 46.2 Å². The molecule has 2 fully saturated rings. The third-order valence-corrected chi connectivity index (χ3v) is 3.59. The predicted octanol–water partition coefficient (Wildman–Crippen LogP) is 2.37. The molecule has 0 N–H and O–H groups in total. The van der Waals surface area contributed by atoms with Crippen molar-refractivity contribution in [2.75, 3.05) is 6.54 Å². The van der Waals surface area contributed by atoms with Crippen molar-refractivity contribution in [3.8, 4) is 0 Å². The highest BCUT2D eigenvalue weighted by Gasteiger charge is 2.53. The van der Waals surface area contributed by atoms with E-state index < -0.39 is 0 Å². The average molecular weight is 167 g/mol. The molecule has 1 aliphatic heterocycles. The van der Waals surface area contributed by atoms with E-state index in [1.165, 1.54) is 13.0 Å². The lowest BCUT2D eigenvalue weighted by atomic mass is 9.99. The van der Waals surface area contributed by atoms with Gasteiger partial charge >= 0.3 is 0 Å². The molecular formula is C11H21N. The third kappa shape index (κ3) is 1.19. The van der Waals surface area contributed by atoms with Crippen molar-refractivity contribution in [2.24, 2.45) is 17.8 Å². The Morgan fingerprint density at radius 1 is 1.17 bits per heavy atom. The summed E-state index contributed by atoms with van der Waals surface area (Å²) in [7, 11) is 0. The number of hydrogen-bond acceptors (Lipinski definition) is 1. The van der Waals surface area contributed by atoms with Crippen molar-refractivity contribution < 1.29 is 0 Å². The van der Waals surface area contributed by atoms with Crippen molar-refractivity contribution in [1.82, 2.24) is 4.90 Å². The summed E-state index contributed by atoms with van der Waals surface area (Å²) >= 11 is 0. The van der Waals surface area contributed by atoms with Crippen LogP contribution in [0.25, 0.3) is 0 Å². The molecule has 12 heavy (non-hydrogen) atoms. The maximum absolute atomic E-state index is 2.71. The number of rotatable bonds is 2. The van der Waals surface area contributed by atoms with Crippen molar-refractivity contribution in [1.29, 1.82) is 0 Å². The molecular weight excluding hydrogens is 146 g/mol. The van der Waals surface area contributed by atoms with Crippen LogP contribution in [0.4, 0.5) is 0 Å². The fourth-order valence-corrected chi connectivity index (χ4v) is 2.97. The molecule has 70 valence electrons. The highest BCUT2D eigenvalue weighted by molar-refractivity contribution is 5.05. The Morgan fingerprint density at radius 3 is 2.25 bits per heavy atom. The number of nitrogens with zero attached hydrogens (tertiary/aromatic N) is 1. The number of likely N-dealkylation sites (tertiary alicyclic amines) is 1. The van der Waals surface area contributed by atoms with Crippen LogP contribution in [0.1, 0.15) is 34.1 Å². The minimum Gasteiger partial charge on any atom is -0.297 e. The summed E-state index contributed by atoms with van der Waals surface area (Å²) < 4.78 is 0. The molecule has 0 radical (unpaired) electrons. The maximum Gasteiger partial charge on any atom is 0.0152 e. The fourth-order valence-electron chi connectivity index (χ4n) is 2.97. The van der Waals surface area contributed by atoms with E-state index in [1.807, 2.05) is 0 Å². The van der Waals surface area contributed by atoms with Crippen molar-refractivity contribution >= 4 is 0 Å². The molecule has 1 saturated heterocycles. The molecule has 2 unspecified atom stereocenters. The van der Waals surface area contributed by atoms with E-state index in [0.29, 0.717) is 0 Å². The lowest BCUT2D eigenvalue weighted by molar-refractivity contribution is 0.138. The monoisotopic (exact) mass is 167 g/mol. The van der Waals surface area contributed by atoms with Crippen LogP contribution in [0.5, 0.6) is 0 Å². The first-order chi connectivity index (χ1) is 5.61. The van der Waals surface area contributed by atoms with Gasteiger partial charge in [-0.2, -0.15) is 0 Å². The lowest BCUT2D eigenvalue weighted by Crippen LogP contribution is -2.41. The summed E-state index contributed by atoms with van der Waals surface area (Å²) in [6, 6.07) is 1.65. The van der Waals surface area contributed by atoms with Gasteiger partial charge in [-0.25, -0.2) is 0 Å². The summed E-state index contributed by atoms with van der Waals surface area (Å²) in [4.78, 5) is 2.71. The van der Waals surface area contributed by atoms with E-state index in [9.17, 15) is 0 Å². The molecule has 2 aliphatic rings. The van der Waals surface area contributed by atoms with Gasteiger partial charge < -0.3 is 0 Å². The molecule has 1 heteroatoms. The molecule has 0 bridgehead atoms. The second-order valence-electron chi connectivity index (χ2n) is 5.18. The molecule has 1 aliphatic carbocycles. The van der Waals surface area contributed by atoms with Crippen LogP contribution in [0.15, 0.2) is 0 Å². The van der Waals surface area contributed by atoms with Gasteiger partial charge in [-0.05, 0) is 38.0 Å². The summed E-state index contributed by atoms with van der Waals surface area (Å²) in [5, 5.41) is 0. The Balaban J connectivity index is 2.06. The smallest absolute Gasteiger partial charge is 0.0152 e. The topological polar surface area (TPSA) is 3.24 Å². The van der Waals surface area contributed by atoms with Gasteiger partial charge in [0.1, 0.15) is 0 Å². The molecule has 2 rings (SSSR count). The van der Waals surface area contributed by atoms with Crippen LogP contribution in [-0.2, 0) is 0 Å². The zero-order valence-electron chi connectivity index (χ0n) is 8.75. The van der Waals surface area contributed by atoms with Crippen LogP contribution in [0.2, 0.25) is 0 Å². The molecule has 0 aromatic heterocycles. The van der Waals surface area contributed by atoms with Crippen molar-refractivity contribution in [3.05, 3.63) is 0 Å². The lowest BCUT2D eigenvalue weighted by Gasteiger charge is -2.33. The highest BCUT2D eigenvalue weighted by atomic mass is 15.2. The van der Waals surface area contributed by atoms with E-state index in [1.54, 1.807) is 0 Å². The van der Waals surface area contributed by atoms with E-state index >= 15 is 0 Å². The Bertz CT molecular complexity index is 174. The van der Waals surface area contributed by atoms with E-state index in [-0.39, 0.29) is 0 Å². The fraction of sp³-hybridized carbons (Fsp3) is 1.00. The third-order valence-electron chi connectivity index (χ3n) is 3.59. The molecule has 0 aromatic carbocycles. The first kappa shape index (κ1) is 8.55. The van der Waals surface area contributed by atoms with Gasteiger partial charge in [0.05, 0.1) is 0 Å². The van der Waals surface area contributed by atoms with Crippen LogP contribution in [0, 0.1) is 17.8 Å². The van der Waals surface area contributed by atoms with E-state index in [0.717, 1.165) is 29.8 Å². The number of fused-ring (bicyclic) bond motifs is 1.